The van der Waals surface area contributed by atoms with Crippen molar-refractivity contribution in [3.63, 3.8) is 0 Å². The summed E-state index contributed by atoms with van der Waals surface area (Å²) in [4.78, 5) is 0. The van der Waals surface area contributed by atoms with Crippen LogP contribution in [0.5, 0.6) is 0 Å². The average Bonchev–Trinajstić information content (AvgIpc) is 3.14. The fourth-order valence-corrected chi connectivity index (χ4v) is 4.84. The molecule has 3 aromatic rings. The molecule has 3 nitrogen and oxygen atoms in total. The second kappa shape index (κ2) is 11.1. The minimum Gasteiger partial charge on any atom is -0.275 e. The number of benzene rings is 2. The normalized spacial score (nSPS) is 17.6. The SMILES string of the molecule is Cc1ccccc1-n1c(C2=CCC=C(C(C)(C)C)C=C2)nnc1-c1ccc(C/C2=C/C=C\CC#CC2)cc1. The van der Waals surface area contributed by atoms with Crippen molar-refractivity contribution in [2.24, 2.45) is 5.41 Å². The van der Waals surface area contributed by atoms with E-state index >= 15 is 0 Å². The van der Waals surface area contributed by atoms with Crippen molar-refractivity contribution in [3.8, 4) is 28.9 Å². The van der Waals surface area contributed by atoms with Crippen LogP contribution in [0.4, 0.5) is 0 Å². The Morgan fingerprint density at radius 2 is 1.68 bits per heavy atom. The van der Waals surface area contributed by atoms with Crippen LogP contribution in [0.25, 0.3) is 22.6 Å². The van der Waals surface area contributed by atoms with Crippen molar-refractivity contribution in [3.05, 3.63) is 119 Å². The van der Waals surface area contributed by atoms with Gasteiger partial charge in [-0.3, -0.25) is 4.57 Å². The van der Waals surface area contributed by atoms with Crippen LogP contribution in [0.1, 0.15) is 57.0 Å². The van der Waals surface area contributed by atoms with Crippen molar-refractivity contribution in [2.75, 3.05) is 0 Å². The van der Waals surface area contributed by atoms with E-state index in [1.54, 1.807) is 0 Å². The van der Waals surface area contributed by atoms with E-state index < -0.39 is 0 Å². The molecule has 2 aliphatic rings. The monoisotopic (exact) mass is 497 g/mol. The predicted molar refractivity (Wildman–Crippen MR) is 159 cm³/mol. The van der Waals surface area contributed by atoms with Crippen LogP contribution < -0.4 is 0 Å². The summed E-state index contributed by atoms with van der Waals surface area (Å²) in [6, 6.07) is 17.2. The summed E-state index contributed by atoms with van der Waals surface area (Å²) in [6.07, 6.45) is 18.9. The molecule has 38 heavy (non-hydrogen) atoms. The van der Waals surface area contributed by atoms with Gasteiger partial charge in [-0.15, -0.1) is 10.2 Å². The lowest BCUT2D eigenvalue weighted by atomic mass is 9.86. The zero-order chi connectivity index (χ0) is 26.5. The highest BCUT2D eigenvalue weighted by Crippen LogP contribution is 2.33. The van der Waals surface area contributed by atoms with Gasteiger partial charge < -0.3 is 0 Å². The van der Waals surface area contributed by atoms with Crippen LogP contribution in [0.3, 0.4) is 0 Å². The quantitative estimate of drug-likeness (QED) is 0.331. The van der Waals surface area contributed by atoms with E-state index in [2.05, 4.69) is 135 Å². The van der Waals surface area contributed by atoms with E-state index in [9.17, 15) is 0 Å². The molecule has 0 atom stereocenters. The number of para-hydroxylation sites is 1. The molecule has 2 aliphatic carbocycles. The summed E-state index contributed by atoms with van der Waals surface area (Å²) in [5.74, 6) is 8.18. The molecular weight excluding hydrogens is 462 g/mol. The molecule has 0 saturated carbocycles. The first kappa shape index (κ1) is 25.5. The molecule has 0 saturated heterocycles. The molecular formula is C35H35N3. The molecule has 0 aliphatic heterocycles. The minimum atomic E-state index is 0.102. The smallest absolute Gasteiger partial charge is 0.168 e. The first-order chi connectivity index (χ1) is 18.4. The molecule has 0 amide bonds. The van der Waals surface area contributed by atoms with Gasteiger partial charge in [0, 0.05) is 24.0 Å². The van der Waals surface area contributed by atoms with Gasteiger partial charge in [-0.1, -0.05) is 123 Å². The Kier molecular flexibility index (Phi) is 7.43. The number of aryl methyl sites for hydroxylation is 1. The largest absolute Gasteiger partial charge is 0.275 e. The standard InChI is InChI=1S/C35H35N3/c1-26-13-10-11-18-32(26)38-33(29-16-12-17-31(24-23-29)35(2,3)4)36-37-34(38)30-21-19-28(20-22-30)25-27-14-8-6-5-7-9-15-27/h6,8,10-11,13-14,16-24H,5,12,15,25H2,1-4H3/b8-6-,27-14+. The third-order valence-electron chi connectivity index (χ3n) is 7.03. The molecule has 3 heteroatoms. The first-order valence-corrected chi connectivity index (χ1v) is 13.4. The van der Waals surface area contributed by atoms with Gasteiger partial charge in [0.2, 0.25) is 0 Å². The number of hydrogen-bond donors (Lipinski definition) is 0. The molecule has 0 radical (unpaired) electrons. The van der Waals surface area contributed by atoms with Gasteiger partial charge in [0.25, 0.3) is 0 Å². The summed E-state index contributed by atoms with van der Waals surface area (Å²) in [6.45, 7) is 8.90. The molecule has 0 unspecified atom stereocenters. The Labute approximate surface area is 227 Å². The second-order valence-electron chi connectivity index (χ2n) is 11.0. The Bertz CT molecular complexity index is 1530. The van der Waals surface area contributed by atoms with E-state index in [0.29, 0.717) is 0 Å². The van der Waals surface area contributed by atoms with Crippen molar-refractivity contribution in [1.29, 1.82) is 0 Å². The average molecular weight is 498 g/mol. The van der Waals surface area contributed by atoms with E-state index in [4.69, 9.17) is 10.2 Å². The number of nitrogens with zero attached hydrogens (tertiary/aromatic N) is 3. The topological polar surface area (TPSA) is 30.7 Å². The first-order valence-electron chi connectivity index (χ1n) is 13.4. The fraction of sp³-hybridized carbons (Fsp3) is 0.257. The van der Waals surface area contributed by atoms with Gasteiger partial charge in [0.15, 0.2) is 11.6 Å². The molecule has 190 valence electrons. The van der Waals surface area contributed by atoms with Crippen LogP contribution >= 0.6 is 0 Å². The summed E-state index contributed by atoms with van der Waals surface area (Å²) in [7, 11) is 0. The Balaban J connectivity index is 1.51. The van der Waals surface area contributed by atoms with Crippen LogP contribution in [-0.4, -0.2) is 14.8 Å². The van der Waals surface area contributed by atoms with Crippen LogP contribution in [-0.2, 0) is 6.42 Å². The summed E-state index contributed by atoms with van der Waals surface area (Å²) >= 11 is 0. The highest BCUT2D eigenvalue weighted by Gasteiger charge is 2.21. The van der Waals surface area contributed by atoms with Gasteiger partial charge in [0.05, 0.1) is 5.69 Å². The van der Waals surface area contributed by atoms with Gasteiger partial charge in [-0.25, -0.2) is 0 Å². The summed E-state index contributed by atoms with van der Waals surface area (Å²) in [5.41, 5.74) is 8.46. The molecule has 5 rings (SSSR count). The Hall–Kier alpha value is -4.16. The zero-order valence-electron chi connectivity index (χ0n) is 22.8. The zero-order valence-corrected chi connectivity index (χ0v) is 22.8. The lowest BCUT2D eigenvalue weighted by Gasteiger charge is -2.19. The molecule has 0 spiro atoms. The third kappa shape index (κ3) is 5.71. The maximum absolute atomic E-state index is 4.74. The molecule has 1 aromatic heterocycles. The highest BCUT2D eigenvalue weighted by molar-refractivity contribution is 5.75. The van der Waals surface area contributed by atoms with E-state index in [1.807, 2.05) is 0 Å². The maximum Gasteiger partial charge on any atom is 0.168 e. The third-order valence-corrected chi connectivity index (χ3v) is 7.03. The van der Waals surface area contributed by atoms with Gasteiger partial charge >= 0.3 is 0 Å². The Morgan fingerprint density at radius 3 is 2.47 bits per heavy atom. The number of allylic oxidation sites excluding steroid dienone is 10. The fourth-order valence-electron chi connectivity index (χ4n) is 4.84. The van der Waals surface area contributed by atoms with E-state index in [0.717, 1.165) is 54.2 Å². The maximum atomic E-state index is 4.74. The van der Waals surface area contributed by atoms with E-state index in [1.165, 1.54) is 22.3 Å². The van der Waals surface area contributed by atoms with Gasteiger partial charge in [-0.2, -0.15) is 0 Å². The number of rotatable bonds is 5. The Morgan fingerprint density at radius 1 is 0.895 bits per heavy atom. The van der Waals surface area contributed by atoms with Gasteiger partial charge in [-0.05, 0) is 47.9 Å². The second-order valence-corrected chi connectivity index (χ2v) is 11.0. The number of aromatic nitrogens is 3. The predicted octanol–water partition coefficient (Wildman–Crippen LogP) is 8.38. The van der Waals surface area contributed by atoms with Crippen LogP contribution in [0.15, 0.2) is 102 Å². The highest BCUT2D eigenvalue weighted by atomic mass is 15.3. The summed E-state index contributed by atoms with van der Waals surface area (Å²) < 4.78 is 2.21. The molecule has 1 heterocycles. The minimum absolute atomic E-state index is 0.102. The number of hydrogen-bond acceptors (Lipinski definition) is 2. The van der Waals surface area contributed by atoms with Crippen LogP contribution in [0.2, 0.25) is 0 Å². The lowest BCUT2D eigenvalue weighted by Crippen LogP contribution is -2.07. The van der Waals surface area contributed by atoms with Gasteiger partial charge in [0.1, 0.15) is 0 Å². The van der Waals surface area contributed by atoms with Crippen molar-refractivity contribution < 1.29 is 0 Å². The molecule has 0 fully saturated rings. The van der Waals surface area contributed by atoms with Crippen molar-refractivity contribution >= 4 is 5.57 Å². The molecule has 0 N–H and O–H groups in total. The lowest BCUT2D eigenvalue weighted by molar-refractivity contribution is 0.515. The molecule has 2 aromatic carbocycles. The van der Waals surface area contributed by atoms with Crippen molar-refractivity contribution in [2.45, 2.75) is 53.4 Å². The van der Waals surface area contributed by atoms with Crippen LogP contribution in [0, 0.1) is 24.2 Å². The summed E-state index contributed by atoms with van der Waals surface area (Å²) in [5, 5.41) is 9.46. The molecule has 0 bridgehead atoms. The van der Waals surface area contributed by atoms with Crippen molar-refractivity contribution in [1.82, 2.24) is 14.8 Å². The van der Waals surface area contributed by atoms with E-state index in [-0.39, 0.29) is 5.41 Å².